The second kappa shape index (κ2) is 10.9. The van der Waals surface area contributed by atoms with Gasteiger partial charge in [-0.15, -0.1) is 0 Å². The quantitative estimate of drug-likeness (QED) is 0.439. The summed E-state index contributed by atoms with van der Waals surface area (Å²) in [5, 5.41) is 9.69. The smallest absolute Gasteiger partial charge is 0.307 e. The average Bonchev–Trinajstić information content (AvgIpc) is 3.05. The van der Waals surface area contributed by atoms with Crippen LogP contribution in [0.3, 0.4) is 0 Å². The van der Waals surface area contributed by atoms with Crippen molar-refractivity contribution in [3.05, 3.63) is 74.0 Å². The molecule has 2 aromatic heterocycles. The van der Waals surface area contributed by atoms with Crippen LogP contribution in [0, 0.1) is 5.92 Å². The highest BCUT2D eigenvalue weighted by Gasteiger charge is 2.13. The lowest BCUT2D eigenvalue weighted by molar-refractivity contribution is -0.149. The summed E-state index contributed by atoms with van der Waals surface area (Å²) in [6.07, 6.45) is 2.95. The van der Waals surface area contributed by atoms with Crippen molar-refractivity contribution in [2.45, 2.75) is 46.1 Å². The molecule has 3 aromatic rings. The van der Waals surface area contributed by atoms with E-state index in [1.807, 2.05) is 57.2 Å². The molecule has 3 rings (SSSR count). The molecule has 8 heteroatoms. The molecule has 0 aliphatic carbocycles. The van der Waals surface area contributed by atoms with E-state index in [0.717, 1.165) is 33.9 Å². The molecule has 2 heterocycles. The summed E-state index contributed by atoms with van der Waals surface area (Å²) in [5.41, 5.74) is 2.73. The molecule has 0 aliphatic heterocycles. The Morgan fingerprint density at radius 2 is 1.91 bits per heavy atom. The van der Waals surface area contributed by atoms with Gasteiger partial charge in [0.1, 0.15) is 11.9 Å². The van der Waals surface area contributed by atoms with Crippen molar-refractivity contribution in [3.63, 3.8) is 0 Å². The Kier molecular flexibility index (Phi) is 8.05. The summed E-state index contributed by atoms with van der Waals surface area (Å²) in [7, 11) is 0. The predicted molar refractivity (Wildman–Crippen MR) is 123 cm³/mol. The molecule has 0 aliphatic rings. The van der Waals surface area contributed by atoms with E-state index in [4.69, 9.17) is 9.47 Å². The van der Waals surface area contributed by atoms with Crippen LogP contribution < -0.4 is 9.61 Å². The normalized spacial score (nSPS) is 12.0. The van der Waals surface area contributed by atoms with Gasteiger partial charge in [-0.2, -0.15) is 0 Å². The van der Waals surface area contributed by atoms with Crippen molar-refractivity contribution in [3.8, 4) is 11.6 Å². The number of aromatic hydroxyl groups is 1. The number of ether oxygens (including phenoxy) is 2. The molecule has 0 bridgehead atoms. The molecule has 0 amide bonds. The van der Waals surface area contributed by atoms with E-state index in [9.17, 15) is 14.7 Å². The Morgan fingerprint density at radius 3 is 2.50 bits per heavy atom. The summed E-state index contributed by atoms with van der Waals surface area (Å²) in [6, 6.07) is 11.4. The first-order valence-electron chi connectivity index (χ1n) is 10.6. The van der Waals surface area contributed by atoms with Gasteiger partial charge in [-0.25, -0.2) is 0 Å². The number of aromatic nitrogens is 2. The summed E-state index contributed by atoms with van der Waals surface area (Å²) in [4.78, 5) is 30.3. The number of nitrogens with one attached hydrogen (secondary N) is 1. The van der Waals surface area contributed by atoms with E-state index in [1.165, 1.54) is 0 Å². The largest absolute Gasteiger partial charge is 0.494 e. The summed E-state index contributed by atoms with van der Waals surface area (Å²) >= 11 is 1.01. The fraction of sp³-hybridized carbons (Fsp3) is 0.375. The molecule has 0 saturated heterocycles. The number of rotatable bonds is 10. The number of carbonyl (C=O) groups is 1. The topological polar surface area (TPSA) is 102 Å². The molecule has 1 atom stereocenters. The van der Waals surface area contributed by atoms with Gasteiger partial charge in [-0.1, -0.05) is 43.4 Å². The number of pyridine rings is 1. The number of H-pyrrole nitrogens is 1. The second-order valence-electron chi connectivity index (χ2n) is 8.02. The van der Waals surface area contributed by atoms with E-state index in [2.05, 4.69) is 9.97 Å². The number of hydrogen-bond acceptors (Lipinski definition) is 7. The van der Waals surface area contributed by atoms with Gasteiger partial charge in [0.25, 0.3) is 0 Å². The predicted octanol–water partition coefficient (Wildman–Crippen LogP) is 4.40. The van der Waals surface area contributed by atoms with Crippen LogP contribution in [0.15, 0.2) is 47.4 Å². The first-order valence-corrected chi connectivity index (χ1v) is 11.4. The van der Waals surface area contributed by atoms with Crippen LogP contribution in [0.2, 0.25) is 0 Å². The fourth-order valence-corrected chi connectivity index (χ4v) is 3.86. The Balaban J connectivity index is 1.45. The summed E-state index contributed by atoms with van der Waals surface area (Å²) in [6.45, 7) is 6.29. The molecular formula is C24H28N2O5S. The van der Waals surface area contributed by atoms with E-state index in [1.54, 1.807) is 6.20 Å². The number of nitrogens with zero attached hydrogens (tertiary/aromatic N) is 1. The van der Waals surface area contributed by atoms with Crippen LogP contribution in [-0.2, 0) is 22.4 Å². The first kappa shape index (κ1) is 23.5. The second-order valence-corrected chi connectivity index (χ2v) is 9.09. The van der Waals surface area contributed by atoms with E-state index < -0.39 is 0 Å². The van der Waals surface area contributed by atoms with Crippen molar-refractivity contribution in [1.29, 1.82) is 0 Å². The zero-order valence-electron chi connectivity index (χ0n) is 18.5. The summed E-state index contributed by atoms with van der Waals surface area (Å²) in [5.74, 6) is 0.743. The molecule has 1 aromatic carbocycles. The lowest BCUT2D eigenvalue weighted by atomic mass is 10.1. The minimum Gasteiger partial charge on any atom is -0.494 e. The zero-order valence-corrected chi connectivity index (χ0v) is 19.3. The highest BCUT2D eigenvalue weighted by atomic mass is 32.1. The zero-order chi connectivity index (χ0) is 23.1. The lowest BCUT2D eigenvalue weighted by Crippen LogP contribution is -2.11. The van der Waals surface area contributed by atoms with E-state index in [0.29, 0.717) is 30.7 Å². The van der Waals surface area contributed by atoms with Crippen LogP contribution in [0.1, 0.15) is 55.0 Å². The van der Waals surface area contributed by atoms with Crippen molar-refractivity contribution in [1.82, 2.24) is 9.97 Å². The average molecular weight is 457 g/mol. The van der Waals surface area contributed by atoms with Crippen molar-refractivity contribution in [2.24, 2.45) is 5.92 Å². The van der Waals surface area contributed by atoms with Crippen LogP contribution in [0.4, 0.5) is 0 Å². The maximum absolute atomic E-state index is 11.8. The highest BCUT2D eigenvalue weighted by molar-refractivity contribution is 7.09. The van der Waals surface area contributed by atoms with Gasteiger partial charge in [0, 0.05) is 36.7 Å². The molecule has 0 spiro atoms. The molecule has 32 heavy (non-hydrogen) atoms. The minimum atomic E-state index is -0.327. The van der Waals surface area contributed by atoms with Gasteiger partial charge in [-0.3, -0.25) is 19.6 Å². The Bertz CT molecular complexity index is 1070. The molecule has 170 valence electrons. The monoisotopic (exact) mass is 456 g/mol. The highest BCUT2D eigenvalue weighted by Crippen LogP contribution is 2.22. The van der Waals surface area contributed by atoms with E-state index >= 15 is 0 Å². The Morgan fingerprint density at radius 1 is 1.16 bits per heavy atom. The van der Waals surface area contributed by atoms with Crippen molar-refractivity contribution >= 4 is 17.3 Å². The molecule has 0 fully saturated rings. The lowest BCUT2D eigenvalue weighted by Gasteiger charge is -2.14. The maximum atomic E-state index is 11.8. The SMILES string of the molecule is CC(C)CC(=O)OC(C)c1ccc(CCOc2ccc(Cc3sc(=O)[nH]c3O)cc2)nc1. The molecule has 0 radical (unpaired) electrons. The molecular weight excluding hydrogens is 428 g/mol. The Labute approximate surface area is 191 Å². The number of hydrogen-bond donors (Lipinski definition) is 2. The fourth-order valence-electron chi connectivity index (χ4n) is 3.11. The number of carbonyl (C=O) groups excluding carboxylic acids is 1. The summed E-state index contributed by atoms with van der Waals surface area (Å²) < 4.78 is 11.2. The molecule has 7 nitrogen and oxygen atoms in total. The van der Waals surface area contributed by atoms with Gasteiger partial charge in [0.15, 0.2) is 0 Å². The molecule has 0 saturated carbocycles. The minimum absolute atomic E-state index is 0.0676. The van der Waals surface area contributed by atoms with Gasteiger partial charge in [-0.05, 0) is 36.6 Å². The van der Waals surface area contributed by atoms with Crippen LogP contribution in [-0.4, -0.2) is 27.7 Å². The molecule has 1 unspecified atom stereocenters. The number of aromatic amines is 1. The number of thiazole rings is 1. The van der Waals surface area contributed by atoms with E-state index in [-0.39, 0.29) is 28.7 Å². The van der Waals surface area contributed by atoms with Gasteiger partial charge >= 0.3 is 10.8 Å². The van der Waals surface area contributed by atoms with Crippen molar-refractivity contribution in [2.75, 3.05) is 6.61 Å². The van der Waals surface area contributed by atoms with Gasteiger partial charge in [0.05, 0.1) is 11.5 Å². The Hall–Kier alpha value is -3.13. The van der Waals surface area contributed by atoms with Gasteiger partial charge in [0.2, 0.25) is 5.88 Å². The van der Waals surface area contributed by atoms with Crippen molar-refractivity contribution < 1.29 is 19.4 Å². The maximum Gasteiger partial charge on any atom is 0.307 e. The first-order chi connectivity index (χ1) is 15.3. The van der Waals surface area contributed by atoms with Gasteiger partial charge < -0.3 is 14.6 Å². The van der Waals surface area contributed by atoms with Crippen LogP contribution in [0.5, 0.6) is 11.6 Å². The number of esters is 1. The standard InChI is InChI=1S/C24H28N2O5S/c1-15(2)12-22(27)31-16(3)18-6-7-19(25-14-18)10-11-30-20-8-4-17(5-9-20)13-21-23(28)26-24(29)32-21/h4-9,14-16,28H,10-13H2,1-3H3,(H,26,29). The van der Waals surface area contributed by atoms with Crippen LogP contribution >= 0.6 is 11.3 Å². The third kappa shape index (κ3) is 6.95. The molecule has 2 N–H and O–H groups in total. The number of benzene rings is 1. The third-order valence-electron chi connectivity index (χ3n) is 4.82. The third-order valence-corrected chi connectivity index (χ3v) is 5.69. The van der Waals surface area contributed by atoms with Crippen LogP contribution in [0.25, 0.3) is 0 Å².